The Bertz CT molecular complexity index is 1120. The third-order valence-electron chi connectivity index (χ3n) is 5.30. The lowest BCUT2D eigenvalue weighted by atomic mass is 10.1. The Morgan fingerprint density at radius 1 is 1.03 bits per heavy atom. The molecule has 1 N–H and O–H groups in total. The third kappa shape index (κ3) is 6.71. The highest BCUT2D eigenvalue weighted by molar-refractivity contribution is 9.10. The maximum Gasteiger partial charge on any atom is 0.261 e. The van der Waals surface area contributed by atoms with Gasteiger partial charge in [-0.05, 0) is 63.3 Å². The van der Waals surface area contributed by atoms with Gasteiger partial charge < -0.3 is 15.0 Å². The van der Waals surface area contributed by atoms with Crippen LogP contribution in [0.15, 0.2) is 65.1 Å². The van der Waals surface area contributed by atoms with Gasteiger partial charge in [-0.3, -0.25) is 9.59 Å². The Hall–Kier alpha value is -2.57. The van der Waals surface area contributed by atoms with E-state index in [9.17, 15) is 9.59 Å². The SMILES string of the molecule is CC(C)CNC(=O)[C@H](C)N(Cc1ccc(Cl)cc1)C(=O)COc1ccc2ccccc2c1Br. The van der Waals surface area contributed by atoms with Crippen LogP contribution in [0.3, 0.4) is 0 Å². The highest BCUT2D eigenvalue weighted by Crippen LogP contribution is 2.33. The van der Waals surface area contributed by atoms with Crippen LogP contribution in [0.5, 0.6) is 5.75 Å². The molecule has 0 aliphatic rings. The van der Waals surface area contributed by atoms with E-state index in [-0.39, 0.29) is 25.0 Å². The molecule has 0 bridgehead atoms. The molecule has 3 aromatic carbocycles. The Labute approximate surface area is 208 Å². The zero-order valence-corrected chi connectivity index (χ0v) is 21.3. The van der Waals surface area contributed by atoms with E-state index in [0.717, 1.165) is 20.8 Å². The quantitative estimate of drug-likeness (QED) is 0.378. The maximum atomic E-state index is 13.2. The van der Waals surface area contributed by atoms with Crippen LogP contribution in [0.2, 0.25) is 5.02 Å². The van der Waals surface area contributed by atoms with Crippen LogP contribution in [0.1, 0.15) is 26.3 Å². The van der Waals surface area contributed by atoms with E-state index in [1.54, 1.807) is 19.1 Å². The van der Waals surface area contributed by atoms with Gasteiger partial charge in [0.05, 0.1) is 4.47 Å². The maximum absolute atomic E-state index is 13.2. The molecule has 0 spiro atoms. The van der Waals surface area contributed by atoms with Crippen LogP contribution in [0, 0.1) is 5.92 Å². The first-order valence-corrected chi connectivity index (χ1v) is 12.0. The number of hydrogen-bond acceptors (Lipinski definition) is 3. The van der Waals surface area contributed by atoms with Crippen LogP contribution >= 0.6 is 27.5 Å². The summed E-state index contributed by atoms with van der Waals surface area (Å²) in [5.41, 5.74) is 0.878. The van der Waals surface area contributed by atoms with Gasteiger partial charge in [0.1, 0.15) is 11.8 Å². The van der Waals surface area contributed by atoms with Gasteiger partial charge in [-0.25, -0.2) is 0 Å². The van der Waals surface area contributed by atoms with Crippen molar-refractivity contribution in [1.82, 2.24) is 10.2 Å². The molecule has 3 rings (SSSR count). The summed E-state index contributed by atoms with van der Waals surface area (Å²) in [5, 5.41) is 5.60. The first-order valence-electron chi connectivity index (χ1n) is 10.9. The second kappa shape index (κ2) is 11.5. The predicted octanol–water partition coefficient (Wildman–Crippen LogP) is 5.82. The third-order valence-corrected chi connectivity index (χ3v) is 6.37. The Balaban J connectivity index is 1.77. The zero-order valence-electron chi connectivity index (χ0n) is 19.0. The number of halogens is 2. The van der Waals surface area contributed by atoms with Gasteiger partial charge in [0, 0.05) is 18.1 Å². The lowest BCUT2D eigenvalue weighted by molar-refractivity contribution is -0.142. The predicted molar refractivity (Wildman–Crippen MR) is 136 cm³/mol. The smallest absolute Gasteiger partial charge is 0.261 e. The van der Waals surface area contributed by atoms with E-state index in [2.05, 4.69) is 21.2 Å². The molecule has 1 atom stereocenters. The molecule has 2 amide bonds. The molecule has 3 aromatic rings. The highest BCUT2D eigenvalue weighted by Gasteiger charge is 2.26. The molecule has 33 heavy (non-hydrogen) atoms. The first kappa shape index (κ1) is 25.1. The van der Waals surface area contributed by atoms with Gasteiger partial charge in [0.25, 0.3) is 5.91 Å². The molecule has 5 nitrogen and oxygen atoms in total. The van der Waals surface area contributed by atoms with Crippen LogP contribution < -0.4 is 10.1 Å². The molecule has 0 aliphatic carbocycles. The Morgan fingerprint density at radius 3 is 2.42 bits per heavy atom. The van der Waals surface area contributed by atoms with E-state index < -0.39 is 6.04 Å². The molecule has 0 unspecified atom stereocenters. The molecule has 0 saturated carbocycles. The first-order chi connectivity index (χ1) is 15.8. The van der Waals surface area contributed by atoms with Crippen molar-refractivity contribution in [2.45, 2.75) is 33.4 Å². The van der Waals surface area contributed by atoms with Gasteiger partial charge in [0.2, 0.25) is 5.91 Å². The van der Waals surface area contributed by atoms with Crippen molar-refractivity contribution < 1.29 is 14.3 Å². The highest BCUT2D eigenvalue weighted by atomic mass is 79.9. The summed E-state index contributed by atoms with van der Waals surface area (Å²) < 4.78 is 6.67. The molecular formula is C26H28BrClN2O3. The van der Waals surface area contributed by atoms with Crippen molar-refractivity contribution in [2.75, 3.05) is 13.2 Å². The van der Waals surface area contributed by atoms with E-state index in [1.165, 1.54) is 4.90 Å². The number of carbonyl (C=O) groups excluding carboxylic acids is 2. The van der Waals surface area contributed by atoms with Gasteiger partial charge in [-0.15, -0.1) is 0 Å². The molecule has 0 aromatic heterocycles. The second-order valence-electron chi connectivity index (χ2n) is 8.35. The number of benzene rings is 3. The fourth-order valence-corrected chi connectivity index (χ4v) is 4.10. The van der Waals surface area contributed by atoms with Crippen molar-refractivity contribution in [3.05, 3.63) is 75.7 Å². The number of ether oxygens (including phenoxy) is 1. The topological polar surface area (TPSA) is 58.6 Å². The standard InChI is InChI=1S/C26H28BrClN2O3/c1-17(2)14-29-26(32)18(3)30(15-19-8-11-21(28)12-9-19)24(31)16-33-23-13-10-20-6-4-5-7-22(20)25(23)27/h4-13,17-18H,14-16H2,1-3H3,(H,29,32)/t18-/m0/s1. The van der Waals surface area contributed by atoms with Crippen LogP contribution in [-0.2, 0) is 16.1 Å². The van der Waals surface area contributed by atoms with Gasteiger partial charge in [-0.1, -0.05) is 67.9 Å². The minimum absolute atomic E-state index is 0.188. The largest absolute Gasteiger partial charge is 0.483 e. The van der Waals surface area contributed by atoms with Gasteiger partial charge in [0.15, 0.2) is 6.61 Å². The number of rotatable bonds is 9. The lowest BCUT2D eigenvalue weighted by Gasteiger charge is -2.29. The molecule has 7 heteroatoms. The monoisotopic (exact) mass is 530 g/mol. The average molecular weight is 532 g/mol. The summed E-state index contributed by atoms with van der Waals surface area (Å²) in [5.74, 6) is 0.413. The molecule has 174 valence electrons. The van der Waals surface area contributed by atoms with E-state index in [4.69, 9.17) is 16.3 Å². The van der Waals surface area contributed by atoms with E-state index in [1.807, 2.05) is 62.4 Å². The normalized spacial score (nSPS) is 11.9. The van der Waals surface area contributed by atoms with Crippen molar-refractivity contribution in [3.8, 4) is 5.75 Å². The van der Waals surface area contributed by atoms with Crippen molar-refractivity contribution >= 4 is 50.1 Å². The van der Waals surface area contributed by atoms with Gasteiger partial charge in [-0.2, -0.15) is 0 Å². The summed E-state index contributed by atoms with van der Waals surface area (Å²) in [4.78, 5) is 27.5. The number of hydrogen-bond donors (Lipinski definition) is 1. The second-order valence-corrected chi connectivity index (χ2v) is 9.58. The molecular weight excluding hydrogens is 504 g/mol. The minimum Gasteiger partial charge on any atom is -0.483 e. The lowest BCUT2D eigenvalue weighted by Crippen LogP contribution is -2.49. The number of amides is 2. The fraction of sp³-hybridized carbons (Fsp3) is 0.308. The Morgan fingerprint density at radius 2 is 1.73 bits per heavy atom. The van der Waals surface area contributed by atoms with E-state index >= 15 is 0 Å². The van der Waals surface area contributed by atoms with Crippen molar-refractivity contribution in [2.24, 2.45) is 5.92 Å². The number of carbonyl (C=O) groups is 2. The minimum atomic E-state index is -0.657. The Kier molecular flexibility index (Phi) is 8.75. The number of fused-ring (bicyclic) bond motifs is 1. The summed E-state index contributed by atoms with van der Waals surface area (Å²) in [6, 6.07) is 18.3. The summed E-state index contributed by atoms with van der Waals surface area (Å²) in [6.07, 6.45) is 0. The molecule has 0 aliphatic heterocycles. The van der Waals surface area contributed by atoms with Crippen molar-refractivity contribution in [3.63, 3.8) is 0 Å². The molecule has 0 heterocycles. The van der Waals surface area contributed by atoms with E-state index in [0.29, 0.717) is 23.2 Å². The molecule has 0 radical (unpaired) electrons. The fourth-order valence-electron chi connectivity index (χ4n) is 3.37. The number of nitrogens with one attached hydrogen (secondary N) is 1. The molecule has 0 fully saturated rings. The number of nitrogens with zero attached hydrogens (tertiary/aromatic N) is 1. The zero-order chi connectivity index (χ0) is 24.0. The average Bonchev–Trinajstić information content (AvgIpc) is 2.81. The molecule has 0 saturated heterocycles. The van der Waals surface area contributed by atoms with Crippen molar-refractivity contribution in [1.29, 1.82) is 0 Å². The van der Waals surface area contributed by atoms with Crippen LogP contribution in [-0.4, -0.2) is 35.9 Å². The summed E-state index contributed by atoms with van der Waals surface area (Å²) in [6.45, 7) is 6.41. The van der Waals surface area contributed by atoms with Crippen LogP contribution in [0.4, 0.5) is 0 Å². The summed E-state index contributed by atoms with van der Waals surface area (Å²) in [7, 11) is 0. The van der Waals surface area contributed by atoms with Gasteiger partial charge >= 0.3 is 0 Å². The summed E-state index contributed by atoms with van der Waals surface area (Å²) >= 11 is 9.59. The van der Waals surface area contributed by atoms with Crippen LogP contribution in [0.25, 0.3) is 10.8 Å².